The van der Waals surface area contributed by atoms with E-state index in [-0.39, 0.29) is 0 Å². The predicted molar refractivity (Wildman–Crippen MR) is 31.1 cm³/mol. The lowest BCUT2D eigenvalue weighted by Gasteiger charge is -1.88. The number of hydrogen-bond acceptors (Lipinski definition) is 1. The number of hydrogen-bond donors (Lipinski definition) is 0. The first kappa shape index (κ1) is 6.54. The van der Waals surface area contributed by atoms with Crippen LogP contribution in [0, 0.1) is 0 Å². The second-order valence-corrected chi connectivity index (χ2v) is 1.24. The monoisotopic (exact) mass is 100 g/mol. The summed E-state index contributed by atoms with van der Waals surface area (Å²) < 4.78 is 4.89. The molecule has 0 heterocycles. The molecule has 0 atom stereocenters. The van der Waals surface area contributed by atoms with Crippen molar-refractivity contribution in [1.29, 1.82) is 0 Å². The van der Waals surface area contributed by atoms with Gasteiger partial charge < -0.3 is 4.74 Å². The summed E-state index contributed by atoms with van der Waals surface area (Å²) in [6, 6.07) is 0. The van der Waals surface area contributed by atoms with Gasteiger partial charge in [0, 0.05) is 0 Å². The van der Waals surface area contributed by atoms with E-state index >= 15 is 0 Å². The van der Waals surface area contributed by atoms with Gasteiger partial charge in [0.25, 0.3) is 0 Å². The highest BCUT2D eigenvalue weighted by molar-refractivity contribution is 4.69. The summed E-state index contributed by atoms with van der Waals surface area (Å²) in [5, 5.41) is 0. The van der Waals surface area contributed by atoms with Crippen LogP contribution >= 0.6 is 0 Å². The van der Waals surface area contributed by atoms with E-state index in [4.69, 9.17) is 4.74 Å². The SMILES string of the molecule is CC/C=C\OCC. The Morgan fingerprint density at radius 1 is 1.43 bits per heavy atom. The molecule has 1 heteroatoms. The van der Waals surface area contributed by atoms with E-state index in [0.717, 1.165) is 13.0 Å². The molecule has 1 nitrogen and oxygen atoms in total. The Balaban J connectivity index is 2.78. The summed E-state index contributed by atoms with van der Waals surface area (Å²) in [5.74, 6) is 0. The zero-order valence-corrected chi connectivity index (χ0v) is 4.98. The molecule has 0 aromatic heterocycles. The van der Waals surface area contributed by atoms with Crippen molar-refractivity contribution in [2.45, 2.75) is 20.3 Å². The maximum absolute atomic E-state index is 4.89. The van der Waals surface area contributed by atoms with Crippen LogP contribution in [0.2, 0.25) is 0 Å². The van der Waals surface area contributed by atoms with Crippen LogP contribution in [0.5, 0.6) is 0 Å². The van der Waals surface area contributed by atoms with Crippen molar-refractivity contribution in [3.63, 3.8) is 0 Å². The van der Waals surface area contributed by atoms with Gasteiger partial charge in [-0.1, -0.05) is 13.0 Å². The van der Waals surface area contributed by atoms with Crippen molar-refractivity contribution in [3.05, 3.63) is 12.3 Å². The van der Waals surface area contributed by atoms with Gasteiger partial charge in [0.05, 0.1) is 12.9 Å². The second-order valence-electron chi connectivity index (χ2n) is 1.24. The number of rotatable bonds is 3. The van der Waals surface area contributed by atoms with E-state index in [1.54, 1.807) is 6.26 Å². The highest BCUT2D eigenvalue weighted by Crippen LogP contribution is 1.79. The Kier molecular flexibility index (Phi) is 5.18. The maximum Gasteiger partial charge on any atom is 0.0845 e. The Hall–Kier alpha value is -0.460. The maximum atomic E-state index is 4.89. The smallest absolute Gasteiger partial charge is 0.0845 e. The molecule has 0 aliphatic heterocycles. The topological polar surface area (TPSA) is 9.23 Å². The average molecular weight is 100 g/mol. The molecule has 0 fully saturated rings. The lowest BCUT2D eigenvalue weighted by atomic mass is 10.5. The molecule has 0 rings (SSSR count). The van der Waals surface area contributed by atoms with Crippen molar-refractivity contribution >= 4 is 0 Å². The summed E-state index contributed by atoms with van der Waals surface area (Å²) in [5.41, 5.74) is 0. The van der Waals surface area contributed by atoms with Crippen molar-refractivity contribution in [2.24, 2.45) is 0 Å². The summed E-state index contributed by atoms with van der Waals surface area (Å²) >= 11 is 0. The zero-order valence-electron chi connectivity index (χ0n) is 4.98. The van der Waals surface area contributed by atoms with Gasteiger partial charge in [-0.3, -0.25) is 0 Å². The molecule has 0 aliphatic carbocycles. The van der Waals surface area contributed by atoms with E-state index in [1.165, 1.54) is 0 Å². The van der Waals surface area contributed by atoms with E-state index in [1.807, 2.05) is 13.0 Å². The lowest BCUT2D eigenvalue weighted by Crippen LogP contribution is -1.74. The third kappa shape index (κ3) is 5.54. The fraction of sp³-hybridized carbons (Fsp3) is 0.667. The standard InChI is InChI=1S/C6H12O/c1-3-5-6-7-4-2/h5-6H,3-4H2,1-2H3/b6-5-. The third-order valence-corrected chi connectivity index (χ3v) is 0.595. The summed E-state index contributed by atoms with van der Waals surface area (Å²) in [6.45, 7) is 4.83. The van der Waals surface area contributed by atoms with Crippen LogP contribution in [0.4, 0.5) is 0 Å². The van der Waals surface area contributed by atoms with E-state index in [0.29, 0.717) is 0 Å². The fourth-order valence-electron chi connectivity index (χ4n) is 0.260. The van der Waals surface area contributed by atoms with Gasteiger partial charge in [0.15, 0.2) is 0 Å². The molecule has 0 bridgehead atoms. The van der Waals surface area contributed by atoms with Gasteiger partial charge in [0.1, 0.15) is 0 Å². The molecule has 0 saturated carbocycles. The average Bonchev–Trinajstić information content (AvgIpc) is 1.69. The van der Waals surface area contributed by atoms with Gasteiger partial charge in [-0.15, -0.1) is 0 Å². The minimum Gasteiger partial charge on any atom is -0.502 e. The van der Waals surface area contributed by atoms with Gasteiger partial charge in [-0.2, -0.15) is 0 Å². The van der Waals surface area contributed by atoms with Gasteiger partial charge in [0.2, 0.25) is 0 Å². The van der Waals surface area contributed by atoms with E-state index in [9.17, 15) is 0 Å². The normalized spacial score (nSPS) is 10.0. The van der Waals surface area contributed by atoms with Crippen LogP contribution in [0.3, 0.4) is 0 Å². The summed E-state index contributed by atoms with van der Waals surface area (Å²) in [4.78, 5) is 0. The molecule has 42 valence electrons. The van der Waals surface area contributed by atoms with Crippen LogP contribution in [0.25, 0.3) is 0 Å². The molecular formula is C6H12O. The van der Waals surface area contributed by atoms with Gasteiger partial charge >= 0.3 is 0 Å². The molecule has 0 aliphatic rings. The Labute approximate surface area is 45.0 Å². The molecule has 0 unspecified atom stereocenters. The molecule has 0 amide bonds. The Morgan fingerprint density at radius 3 is 2.57 bits per heavy atom. The van der Waals surface area contributed by atoms with Crippen molar-refractivity contribution < 1.29 is 4.74 Å². The highest BCUT2D eigenvalue weighted by Gasteiger charge is 1.64. The molecule has 0 aromatic carbocycles. The van der Waals surface area contributed by atoms with Crippen LogP contribution in [-0.2, 0) is 4.74 Å². The lowest BCUT2D eigenvalue weighted by molar-refractivity contribution is 0.268. The first-order chi connectivity index (χ1) is 3.41. The molecule has 0 saturated heterocycles. The van der Waals surface area contributed by atoms with Crippen molar-refractivity contribution in [3.8, 4) is 0 Å². The minimum absolute atomic E-state index is 0.774. The second kappa shape index (κ2) is 5.54. The third-order valence-electron chi connectivity index (χ3n) is 0.595. The van der Waals surface area contributed by atoms with Crippen LogP contribution in [0.1, 0.15) is 20.3 Å². The van der Waals surface area contributed by atoms with Crippen LogP contribution < -0.4 is 0 Å². The zero-order chi connectivity index (χ0) is 5.54. The first-order valence-corrected chi connectivity index (χ1v) is 2.68. The van der Waals surface area contributed by atoms with Gasteiger partial charge in [-0.05, 0) is 13.3 Å². The van der Waals surface area contributed by atoms with Crippen LogP contribution in [-0.4, -0.2) is 6.61 Å². The van der Waals surface area contributed by atoms with Crippen LogP contribution in [0.15, 0.2) is 12.3 Å². The molecule has 0 spiro atoms. The quantitative estimate of drug-likeness (QED) is 0.492. The summed E-state index contributed by atoms with van der Waals surface area (Å²) in [6.07, 6.45) is 4.78. The molecule has 0 N–H and O–H groups in total. The molecular weight excluding hydrogens is 88.1 g/mol. The first-order valence-electron chi connectivity index (χ1n) is 2.68. The van der Waals surface area contributed by atoms with Crippen molar-refractivity contribution in [1.82, 2.24) is 0 Å². The Morgan fingerprint density at radius 2 is 2.14 bits per heavy atom. The number of allylic oxidation sites excluding steroid dienone is 1. The highest BCUT2D eigenvalue weighted by atomic mass is 16.5. The van der Waals surface area contributed by atoms with Gasteiger partial charge in [-0.25, -0.2) is 0 Å². The molecule has 0 radical (unpaired) electrons. The molecule has 7 heavy (non-hydrogen) atoms. The molecule has 0 aromatic rings. The fourth-order valence-corrected chi connectivity index (χ4v) is 0.260. The minimum atomic E-state index is 0.774. The largest absolute Gasteiger partial charge is 0.502 e. The van der Waals surface area contributed by atoms with Crippen molar-refractivity contribution in [2.75, 3.05) is 6.61 Å². The predicted octanol–water partition coefficient (Wildman–Crippen LogP) is 1.95. The number of ether oxygens (including phenoxy) is 1. The van der Waals surface area contributed by atoms with E-state index < -0.39 is 0 Å². The van der Waals surface area contributed by atoms with E-state index in [2.05, 4.69) is 6.92 Å². The summed E-state index contributed by atoms with van der Waals surface area (Å²) in [7, 11) is 0. The Bertz CT molecular complexity index is 48.1.